The van der Waals surface area contributed by atoms with E-state index in [0.717, 1.165) is 23.7 Å². The van der Waals surface area contributed by atoms with Crippen LogP contribution >= 0.6 is 0 Å². The lowest BCUT2D eigenvalue weighted by Gasteiger charge is -2.41. The topological polar surface area (TPSA) is 0 Å². The Balaban J connectivity index is 4.50. The molecule has 116 valence electrons. The Bertz CT molecular complexity index is 208. The zero-order valence-electron chi connectivity index (χ0n) is 15.1. The van der Waals surface area contributed by atoms with Crippen LogP contribution in [0.4, 0.5) is 0 Å². The summed E-state index contributed by atoms with van der Waals surface area (Å²) in [6.07, 6.45) is 8.21. The van der Waals surface area contributed by atoms with Gasteiger partial charge in [-0.2, -0.15) is 0 Å². The van der Waals surface area contributed by atoms with Gasteiger partial charge in [0.25, 0.3) is 0 Å². The van der Waals surface area contributed by atoms with Crippen LogP contribution < -0.4 is 0 Å². The summed E-state index contributed by atoms with van der Waals surface area (Å²) in [5.74, 6) is 3.48. The van der Waals surface area contributed by atoms with E-state index in [2.05, 4.69) is 55.4 Å². The van der Waals surface area contributed by atoms with Crippen molar-refractivity contribution in [2.45, 2.75) is 93.9 Å². The predicted molar refractivity (Wildman–Crippen MR) is 89.5 cm³/mol. The van der Waals surface area contributed by atoms with E-state index in [1.54, 1.807) is 0 Å². The minimum atomic E-state index is 0.535. The molecule has 0 aliphatic heterocycles. The first-order chi connectivity index (χ1) is 8.81. The molecule has 0 aliphatic rings. The molecule has 0 nitrogen and oxygen atoms in total. The molecule has 0 aliphatic carbocycles. The van der Waals surface area contributed by atoms with Crippen LogP contribution in [0.15, 0.2) is 0 Å². The second-order valence-electron chi connectivity index (χ2n) is 7.52. The average Bonchev–Trinajstić information content (AvgIpc) is 2.42. The largest absolute Gasteiger partial charge is 0.0651 e. The summed E-state index contributed by atoms with van der Waals surface area (Å²) >= 11 is 0. The normalized spacial score (nSPS) is 21.5. The zero-order chi connectivity index (χ0) is 15.1. The van der Waals surface area contributed by atoms with Gasteiger partial charge in [0.05, 0.1) is 0 Å². The Kier molecular flexibility index (Phi) is 9.03. The summed E-state index contributed by atoms with van der Waals surface area (Å²) in [5, 5.41) is 0. The molecule has 0 heteroatoms. The van der Waals surface area contributed by atoms with Gasteiger partial charge >= 0.3 is 0 Å². The first-order valence-corrected chi connectivity index (χ1v) is 8.81. The highest BCUT2D eigenvalue weighted by Crippen LogP contribution is 2.44. The highest BCUT2D eigenvalue weighted by molar-refractivity contribution is 4.84. The Morgan fingerprint density at radius 1 is 0.737 bits per heavy atom. The van der Waals surface area contributed by atoms with Gasteiger partial charge in [0.2, 0.25) is 0 Å². The van der Waals surface area contributed by atoms with Gasteiger partial charge in [-0.1, -0.05) is 81.1 Å². The summed E-state index contributed by atoms with van der Waals surface area (Å²) in [4.78, 5) is 0. The molecule has 19 heavy (non-hydrogen) atoms. The van der Waals surface area contributed by atoms with E-state index < -0.39 is 0 Å². The van der Waals surface area contributed by atoms with Crippen LogP contribution in [0.3, 0.4) is 0 Å². The smallest absolute Gasteiger partial charge is 0.0275 e. The fraction of sp³-hybridized carbons (Fsp3) is 1.00. The molecule has 4 atom stereocenters. The van der Waals surface area contributed by atoms with E-state index in [1.165, 1.54) is 38.5 Å². The molecule has 0 spiro atoms. The van der Waals surface area contributed by atoms with Crippen LogP contribution in [0.1, 0.15) is 93.9 Å². The van der Waals surface area contributed by atoms with Gasteiger partial charge in [-0.15, -0.1) is 0 Å². The molecular formula is C19H40. The van der Waals surface area contributed by atoms with Crippen molar-refractivity contribution in [1.82, 2.24) is 0 Å². The van der Waals surface area contributed by atoms with Crippen molar-refractivity contribution in [3.05, 3.63) is 0 Å². The molecular weight excluding hydrogens is 228 g/mol. The van der Waals surface area contributed by atoms with Gasteiger partial charge in [-0.3, -0.25) is 0 Å². The van der Waals surface area contributed by atoms with Crippen molar-refractivity contribution in [2.24, 2.45) is 29.1 Å². The van der Waals surface area contributed by atoms with Crippen molar-refractivity contribution in [1.29, 1.82) is 0 Å². The zero-order valence-corrected chi connectivity index (χ0v) is 15.1. The molecule has 0 aromatic heterocycles. The highest BCUT2D eigenvalue weighted by Gasteiger charge is 2.34. The third kappa shape index (κ3) is 5.88. The standard InChI is InChI=1S/C19H40/c1-9-15(4)14-16(5)12-13-19(8,17(6)10-2)18(7)11-3/h15-18H,9-14H2,1-8H3. The maximum atomic E-state index is 2.55. The SMILES string of the molecule is CCC(C)CC(C)CCC(C)(C(C)CC)C(C)CC. The molecule has 0 aromatic rings. The molecule has 0 radical (unpaired) electrons. The van der Waals surface area contributed by atoms with Crippen LogP contribution in [0.2, 0.25) is 0 Å². The van der Waals surface area contributed by atoms with Crippen molar-refractivity contribution in [2.75, 3.05) is 0 Å². The lowest BCUT2D eigenvalue weighted by molar-refractivity contribution is 0.0840. The molecule has 0 rings (SSSR count). The van der Waals surface area contributed by atoms with Gasteiger partial charge in [-0.05, 0) is 41.9 Å². The fourth-order valence-electron chi connectivity index (χ4n) is 3.44. The van der Waals surface area contributed by atoms with E-state index in [-0.39, 0.29) is 0 Å². The van der Waals surface area contributed by atoms with Crippen molar-refractivity contribution < 1.29 is 0 Å². The molecule has 0 fully saturated rings. The van der Waals surface area contributed by atoms with Crippen molar-refractivity contribution >= 4 is 0 Å². The summed E-state index contributed by atoms with van der Waals surface area (Å²) in [6, 6.07) is 0. The molecule has 4 unspecified atom stereocenters. The van der Waals surface area contributed by atoms with E-state index in [4.69, 9.17) is 0 Å². The Morgan fingerprint density at radius 3 is 1.58 bits per heavy atom. The molecule has 0 aromatic carbocycles. The summed E-state index contributed by atoms with van der Waals surface area (Å²) in [7, 11) is 0. The molecule has 0 heterocycles. The minimum Gasteiger partial charge on any atom is -0.0651 e. The quantitative estimate of drug-likeness (QED) is 0.402. The lowest BCUT2D eigenvalue weighted by Crippen LogP contribution is -2.32. The monoisotopic (exact) mass is 268 g/mol. The summed E-state index contributed by atoms with van der Waals surface area (Å²) < 4.78 is 0. The summed E-state index contributed by atoms with van der Waals surface area (Å²) in [6.45, 7) is 19.4. The maximum absolute atomic E-state index is 2.55. The van der Waals surface area contributed by atoms with Crippen LogP contribution in [-0.2, 0) is 0 Å². The highest BCUT2D eigenvalue weighted by atomic mass is 14.4. The van der Waals surface area contributed by atoms with Gasteiger partial charge < -0.3 is 0 Å². The van der Waals surface area contributed by atoms with Crippen molar-refractivity contribution in [3.8, 4) is 0 Å². The number of hydrogen-bond acceptors (Lipinski definition) is 0. The third-order valence-corrected chi connectivity index (χ3v) is 6.15. The second kappa shape index (κ2) is 9.03. The predicted octanol–water partition coefficient (Wildman–Crippen LogP) is 6.94. The third-order valence-electron chi connectivity index (χ3n) is 6.15. The molecule has 0 bridgehead atoms. The van der Waals surface area contributed by atoms with Gasteiger partial charge in [-0.25, -0.2) is 0 Å². The summed E-state index contributed by atoms with van der Waals surface area (Å²) in [5.41, 5.74) is 0.535. The van der Waals surface area contributed by atoms with Crippen LogP contribution in [0.25, 0.3) is 0 Å². The average molecular weight is 269 g/mol. The first kappa shape index (κ1) is 19.0. The van der Waals surface area contributed by atoms with Crippen molar-refractivity contribution in [3.63, 3.8) is 0 Å². The van der Waals surface area contributed by atoms with Gasteiger partial charge in [0, 0.05) is 0 Å². The number of rotatable bonds is 10. The number of hydrogen-bond donors (Lipinski definition) is 0. The Hall–Kier alpha value is 0. The second-order valence-corrected chi connectivity index (χ2v) is 7.52. The fourth-order valence-corrected chi connectivity index (χ4v) is 3.44. The van der Waals surface area contributed by atoms with Gasteiger partial charge in [0.15, 0.2) is 0 Å². The Labute approximate surface area is 123 Å². The van der Waals surface area contributed by atoms with E-state index in [1.807, 2.05) is 0 Å². The Morgan fingerprint density at radius 2 is 1.21 bits per heavy atom. The van der Waals surface area contributed by atoms with E-state index in [9.17, 15) is 0 Å². The lowest BCUT2D eigenvalue weighted by atomic mass is 9.64. The first-order valence-electron chi connectivity index (χ1n) is 8.81. The molecule has 0 saturated heterocycles. The van der Waals surface area contributed by atoms with E-state index in [0.29, 0.717) is 5.41 Å². The van der Waals surface area contributed by atoms with Gasteiger partial charge in [0.1, 0.15) is 0 Å². The van der Waals surface area contributed by atoms with Crippen LogP contribution in [0.5, 0.6) is 0 Å². The van der Waals surface area contributed by atoms with E-state index >= 15 is 0 Å². The van der Waals surface area contributed by atoms with Crippen LogP contribution in [0, 0.1) is 29.1 Å². The minimum absolute atomic E-state index is 0.535. The molecule has 0 saturated carbocycles. The molecule has 0 N–H and O–H groups in total. The maximum Gasteiger partial charge on any atom is -0.0275 e. The molecule has 0 amide bonds. The van der Waals surface area contributed by atoms with Crippen LogP contribution in [-0.4, -0.2) is 0 Å².